The van der Waals surface area contributed by atoms with E-state index in [2.05, 4.69) is 26.8 Å². The van der Waals surface area contributed by atoms with Gasteiger partial charge in [-0.05, 0) is 30.6 Å². The zero-order valence-corrected chi connectivity index (χ0v) is 11.3. The molecular formula is C14H25NO. The molecule has 16 heavy (non-hydrogen) atoms. The van der Waals surface area contributed by atoms with Crippen molar-refractivity contribution in [3.05, 3.63) is 11.6 Å². The first-order valence-corrected chi connectivity index (χ1v) is 6.20. The van der Waals surface area contributed by atoms with Crippen LogP contribution in [0.1, 0.15) is 46.5 Å². The fourth-order valence-corrected chi connectivity index (χ4v) is 2.18. The Balaban J connectivity index is 2.49. The summed E-state index contributed by atoms with van der Waals surface area (Å²) < 4.78 is 0. The van der Waals surface area contributed by atoms with E-state index in [1.54, 1.807) is 10.5 Å². The highest BCUT2D eigenvalue weighted by Gasteiger charge is 2.23. The largest absolute Gasteiger partial charge is 0.349 e. The maximum Gasteiger partial charge on any atom is 0.222 e. The Morgan fingerprint density at radius 1 is 1.44 bits per heavy atom. The summed E-state index contributed by atoms with van der Waals surface area (Å²) in [5.41, 5.74) is 1.86. The van der Waals surface area contributed by atoms with Gasteiger partial charge in [-0.25, -0.2) is 0 Å². The van der Waals surface area contributed by atoms with E-state index in [1.165, 1.54) is 6.42 Å². The van der Waals surface area contributed by atoms with Crippen LogP contribution < -0.4 is 0 Å². The van der Waals surface area contributed by atoms with Crippen LogP contribution in [0.15, 0.2) is 11.6 Å². The molecule has 1 atom stereocenters. The summed E-state index contributed by atoms with van der Waals surface area (Å²) in [6, 6.07) is 0. The van der Waals surface area contributed by atoms with E-state index in [-0.39, 0.29) is 5.91 Å². The van der Waals surface area contributed by atoms with Crippen molar-refractivity contribution >= 4 is 5.91 Å². The molecule has 0 aromatic rings. The molecule has 1 unspecified atom stereocenters. The van der Waals surface area contributed by atoms with Crippen LogP contribution in [0.25, 0.3) is 0 Å². The average Bonchev–Trinajstić information content (AvgIpc) is 2.17. The van der Waals surface area contributed by atoms with Crippen LogP contribution in [0.5, 0.6) is 0 Å². The summed E-state index contributed by atoms with van der Waals surface area (Å²) in [6.45, 7) is 6.80. The monoisotopic (exact) mass is 223 g/mol. The third-order valence-electron chi connectivity index (χ3n) is 3.44. The Kier molecular flexibility index (Phi) is 4.17. The molecule has 0 spiro atoms. The molecule has 0 bridgehead atoms. The van der Waals surface area contributed by atoms with Crippen molar-refractivity contribution in [2.45, 2.75) is 46.5 Å². The maximum atomic E-state index is 11.6. The predicted octanol–water partition coefficient (Wildman–Crippen LogP) is 3.24. The quantitative estimate of drug-likeness (QED) is 0.658. The molecule has 0 radical (unpaired) electrons. The molecule has 92 valence electrons. The molecule has 0 heterocycles. The van der Waals surface area contributed by atoms with Gasteiger partial charge in [0, 0.05) is 20.5 Å². The van der Waals surface area contributed by atoms with E-state index in [1.807, 2.05) is 14.1 Å². The van der Waals surface area contributed by atoms with Gasteiger partial charge in [-0.3, -0.25) is 4.79 Å². The van der Waals surface area contributed by atoms with Gasteiger partial charge in [0.15, 0.2) is 0 Å². The summed E-state index contributed by atoms with van der Waals surface area (Å²) in [7, 11) is 3.67. The molecule has 2 heteroatoms. The third kappa shape index (κ3) is 3.66. The van der Waals surface area contributed by atoms with Crippen molar-refractivity contribution in [2.24, 2.45) is 11.3 Å². The second kappa shape index (κ2) is 5.03. The van der Waals surface area contributed by atoms with Crippen LogP contribution in [-0.4, -0.2) is 24.9 Å². The SMILES string of the molecule is CN(C)C(=O)CC1CC=C(C(C)(C)C)CC1. The molecule has 0 aliphatic heterocycles. The van der Waals surface area contributed by atoms with Crippen molar-refractivity contribution in [1.82, 2.24) is 4.90 Å². The highest BCUT2D eigenvalue weighted by atomic mass is 16.2. The van der Waals surface area contributed by atoms with Crippen molar-refractivity contribution in [2.75, 3.05) is 14.1 Å². The number of nitrogens with zero attached hydrogens (tertiary/aromatic N) is 1. The van der Waals surface area contributed by atoms with Crippen LogP contribution in [-0.2, 0) is 4.79 Å². The minimum atomic E-state index is 0.262. The first-order valence-electron chi connectivity index (χ1n) is 6.20. The zero-order chi connectivity index (χ0) is 12.3. The standard InChI is InChI=1S/C14H25NO/c1-14(2,3)12-8-6-11(7-9-12)10-13(16)15(4)5/h8,11H,6-7,9-10H2,1-5H3. The lowest BCUT2D eigenvalue weighted by Crippen LogP contribution is -2.25. The molecule has 0 aromatic heterocycles. The van der Waals surface area contributed by atoms with Crippen molar-refractivity contribution in [3.63, 3.8) is 0 Å². The van der Waals surface area contributed by atoms with Gasteiger partial charge in [0.25, 0.3) is 0 Å². The van der Waals surface area contributed by atoms with Gasteiger partial charge in [0.2, 0.25) is 5.91 Å². The van der Waals surface area contributed by atoms with Gasteiger partial charge in [-0.1, -0.05) is 32.4 Å². The average molecular weight is 223 g/mol. The zero-order valence-electron chi connectivity index (χ0n) is 11.3. The minimum Gasteiger partial charge on any atom is -0.349 e. The fourth-order valence-electron chi connectivity index (χ4n) is 2.18. The third-order valence-corrected chi connectivity index (χ3v) is 3.44. The Morgan fingerprint density at radius 2 is 2.06 bits per heavy atom. The second-order valence-electron chi connectivity index (χ2n) is 6.11. The summed E-state index contributed by atoms with van der Waals surface area (Å²) in [4.78, 5) is 13.3. The van der Waals surface area contributed by atoms with Gasteiger partial charge in [0.05, 0.1) is 0 Å². The molecule has 1 aliphatic rings. The number of hydrogen-bond acceptors (Lipinski definition) is 1. The Bertz CT molecular complexity index is 284. The first kappa shape index (κ1) is 13.3. The summed E-state index contributed by atoms with van der Waals surface area (Å²) >= 11 is 0. The van der Waals surface area contributed by atoms with Gasteiger partial charge < -0.3 is 4.90 Å². The van der Waals surface area contributed by atoms with Gasteiger partial charge in [-0.15, -0.1) is 0 Å². The van der Waals surface area contributed by atoms with Gasteiger partial charge in [-0.2, -0.15) is 0 Å². The Hall–Kier alpha value is -0.790. The molecule has 1 amide bonds. The highest BCUT2D eigenvalue weighted by molar-refractivity contribution is 5.75. The second-order valence-corrected chi connectivity index (χ2v) is 6.11. The lowest BCUT2D eigenvalue weighted by molar-refractivity contribution is -0.129. The van der Waals surface area contributed by atoms with Crippen molar-refractivity contribution in [1.29, 1.82) is 0 Å². The van der Waals surface area contributed by atoms with E-state index < -0.39 is 0 Å². The minimum absolute atomic E-state index is 0.262. The molecule has 0 N–H and O–H groups in total. The smallest absolute Gasteiger partial charge is 0.222 e. The van der Waals surface area contributed by atoms with Crippen molar-refractivity contribution < 1.29 is 4.79 Å². The number of carbonyl (C=O) groups is 1. The lowest BCUT2D eigenvalue weighted by atomic mass is 9.76. The normalized spacial score (nSPS) is 21.6. The molecule has 0 fully saturated rings. The number of hydrogen-bond donors (Lipinski definition) is 0. The van der Waals surface area contributed by atoms with Crippen molar-refractivity contribution in [3.8, 4) is 0 Å². The van der Waals surface area contributed by atoms with E-state index in [0.717, 1.165) is 12.8 Å². The van der Waals surface area contributed by atoms with E-state index in [9.17, 15) is 4.79 Å². The van der Waals surface area contributed by atoms with Crippen LogP contribution in [0.3, 0.4) is 0 Å². The van der Waals surface area contributed by atoms with Crippen LogP contribution in [0.4, 0.5) is 0 Å². The molecular weight excluding hydrogens is 198 g/mol. The van der Waals surface area contributed by atoms with Gasteiger partial charge in [0.1, 0.15) is 0 Å². The summed E-state index contributed by atoms with van der Waals surface area (Å²) in [5.74, 6) is 0.818. The van der Waals surface area contributed by atoms with Crippen LogP contribution in [0, 0.1) is 11.3 Å². The predicted molar refractivity (Wildman–Crippen MR) is 68.2 cm³/mol. The lowest BCUT2D eigenvalue weighted by Gasteiger charge is -2.30. The molecule has 1 rings (SSSR count). The van der Waals surface area contributed by atoms with Crippen LogP contribution in [0.2, 0.25) is 0 Å². The fraction of sp³-hybridized carbons (Fsp3) is 0.786. The van der Waals surface area contributed by atoms with E-state index in [4.69, 9.17) is 0 Å². The molecule has 1 aliphatic carbocycles. The molecule has 2 nitrogen and oxygen atoms in total. The number of rotatable bonds is 2. The number of amides is 1. The van der Waals surface area contributed by atoms with Gasteiger partial charge >= 0.3 is 0 Å². The Labute approximate surface area is 99.7 Å². The number of carbonyl (C=O) groups excluding carboxylic acids is 1. The molecule has 0 saturated heterocycles. The molecule has 0 aromatic carbocycles. The van der Waals surface area contributed by atoms with Crippen LogP contribution >= 0.6 is 0 Å². The number of allylic oxidation sites excluding steroid dienone is 2. The Morgan fingerprint density at radius 3 is 2.44 bits per heavy atom. The topological polar surface area (TPSA) is 20.3 Å². The van der Waals surface area contributed by atoms with E-state index >= 15 is 0 Å². The maximum absolute atomic E-state index is 11.6. The first-order chi connectivity index (χ1) is 7.30. The summed E-state index contributed by atoms with van der Waals surface area (Å²) in [5, 5.41) is 0. The summed E-state index contributed by atoms with van der Waals surface area (Å²) in [6.07, 6.45) is 6.47. The molecule has 0 saturated carbocycles. The van der Waals surface area contributed by atoms with E-state index in [0.29, 0.717) is 17.8 Å². The highest BCUT2D eigenvalue weighted by Crippen LogP contribution is 2.36.